The van der Waals surface area contributed by atoms with Gasteiger partial charge in [0.15, 0.2) is 0 Å². The van der Waals surface area contributed by atoms with Crippen molar-refractivity contribution in [1.29, 1.82) is 0 Å². The van der Waals surface area contributed by atoms with Crippen LogP contribution in [0.3, 0.4) is 0 Å². The number of rotatable bonds is 4. The summed E-state index contributed by atoms with van der Waals surface area (Å²) in [5.74, 6) is -0.392. The van der Waals surface area contributed by atoms with E-state index < -0.39 is 5.82 Å². The van der Waals surface area contributed by atoms with E-state index in [1.54, 1.807) is 0 Å². The number of nitrogen functional groups attached to an aromatic ring is 1. The van der Waals surface area contributed by atoms with Crippen LogP contribution in [0.25, 0.3) is 0 Å². The summed E-state index contributed by atoms with van der Waals surface area (Å²) in [5.41, 5.74) is 5.59. The Bertz CT molecular complexity index is 465. The van der Waals surface area contributed by atoms with Crippen LogP contribution >= 0.6 is 0 Å². The number of aliphatic hydroxyl groups excluding tert-OH is 1. The van der Waals surface area contributed by atoms with Gasteiger partial charge in [0.1, 0.15) is 5.82 Å². The van der Waals surface area contributed by atoms with E-state index in [4.69, 9.17) is 5.73 Å². The van der Waals surface area contributed by atoms with Crippen LogP contribution in [0.15, 0.2) is 18.2 Å². The van der Waals surface area contributed by atoms with Gasteiger partial charge in [-0.1, -0.05) is 12.5 Å². The molecule has 0 bridgehead atoms. The predicted molar refractivity (Wildman–Crippen MR) is 71.1 cm³/mol. The van der Waals surface area contributed by atoms with E-state index in [0.717, 1.165) is 19.3 Å². The normalized spacial score (nSPS) is 22.4. The molecule has 2 unspecified atom stereocenters. The van der Waals surface area contributed by atoms with Crippen molar-refractivity contribution >= 4 is 11.6 Å². The SMILES string of the molecule is Nc1c(F)cccc1C(=O)NCC1CCCC1CO. The molecule has 1 aromatic rings. The Kier molecular flexibility index (Phi) is 4.37. The number of nitrogens with one attached hydrogen (secondary N) is 1. The highest BCUT2D eigenvalue weighted by Crippen LogP contribution is 2.30. The van der Waals surface area contributed by atoms with Crippen LogP contribution in [-0.4, -0.2) is 24.2 Å². The number of halogens is 1. The first kappa shape index (κ1) is 13.8. The molecule has 0 heterocycles. The van der Waals surface area contributed by atoms with E-state index in [1.165, 1.54) is 18.2 Å². The van der Waals surface area contributed by atoms with Crippen molar-refractivity contribution in [2.24, 2.45) is 11.8 Å². The fraction of sp³-hybridized carbons (Fsp3) is 0.500. The standard InChI is InChI=1S/C14H19FN2O2/c15-12-6-2-5-11(13(12)16)14(19)17-7-9-3-1-4-10(9)8-18/h2,5-6,9-10,18H,1,3-4,7-8,16H2,(H,17,19). The maximum absolute atomic E-state index is 13.3. The van der Waals surface area contributed by atoms with Gasteiger partial charge in [-0.15, -0.1) is 0 Å². The lowest BCUT2D eigenvalue weighted by atomic mass is 9.97. The van der Waals surface area contributed by atoms with Gasteiger partial charge in [-0.2, -0.15) is 0 Å². The lowest BCUT2D eigenvalue weighted by Crippen LogP contribution is -2.32. The van der Waals surface area contributed by atoms with Gasteiger partial charge < -0.3 is 16.2 Å². The second-order valence-corrected chi connectivity index (χ2v) is 5.04. The predicted octanol–water partition coefficient (Wildman–Crippen LogP) is 1.55. The number of carbonyl (C=O) groups is 1. The third kappa shape index (κ3) is 3.04. The van der Waals surface area contributed by atoms with E-state index in [1.807, 2.05) is 0 Å². The molecule has 0 aliphatic heterocycles. The Hall–Kier alpha value is -1.62. The highest BCUT2D eigenvalue weighted by Gasteiger charge is 2.27. The number of hydrogen-bond donors (Lipinski definition) is 3. The zero-order chi connectivity index (χ0) is 13.8. The lowest BCUT2D eigenvalue weighted by Gasteiger charge is -2.18. The van der Waals surface area contributed by atoms with Crippen molar-refractivity contribution in [2.75, 3.05) is 18.9 Å². The number of anilines is 1. The Labute approximate surface area is 111 Å². The molecule has 2 atom stereocenters. The Morgan fingerprint density at radius 3 is 2.89 bits per heavy atom. The minimum atomic E-state index is -0.582. The average Bonchev–Trinajstić information content (AvgIpc) is 2.86. The lowest BCUT2D eigenvalue weighted by molar-refractivity contribution is 0.0938. The topological polar surface area (TPSA) is 75.4 Å². The fourth-order valence-corrected chi connectivity index (χ4v) is 2.68. The summed E-state index contributed by atoms with van der Waals surface area (Å²) in [7, 11) is 0. The van der Waals surface area contributed by atoms with Gasteiger partial charge in [0.05, 0.1) is 11.3 Å². The van der Waals surface area contributed by atoms with E-state index in [-0.39, 0.29) is 29.7 Å². The molecule has 4 N–H and O–H groups in total. The number of aliphatic hydroxyl groups is 1. The molecule has 0 saturated heterocycles. The van der Waals surface area contributed by atoms with Gasteiger partial charge in [-0.3, -0.25) is 4.79 Å². The maximum Gasteiger partial charge on any atom is 0.253 e. The monoisotopic (exact) mass is 266 g/mol. The van der Waals surface area contributed by atoms with Gasteiger partial charge in [0.2, 0.25) is 0 Å². The number of carbonyl (C=O) groups excluding carboxylic acids is 1. The molecule has 5 heteroatoms. The molecule has 1 amide bonds. The van der Waals surface area contributed by atoms with Crippen LogP contribution in [0.2, 0.25) is 0 Å². The molecule has 0 radical (unpaired) electrons. The van der Waals surface area contributed by atoms with Gasteiger partial charge in [0.25, 0.3) is 5.91 Å². The second kappa shape index (κ2) is 6.02. The summed E-state index contributed by atoms with van der Waals surface area (Å²) < 4.78 is 13.3. The molecule has 0 aromatic heterocycles. The van der Waals surface area contributed by atoms with Crippen LogP contribution in [-0.2, 0) is 0 Å². The number of hydrogen-bond acceptors (Lipinski definition) is 3. The van der Waals surface area contributed by atoms with Crippen molar-refractivity contribution in [3.63, 3.8) is 0 Å². The average molecular weight is 266 g/mol. The summed E-state index contributed by atoms with van der Waals surface area (Å²) in [6.45, 7) is 0.655. The molecule has 104 valence electrons. The Balaban J connectivity index is 1.96. The zero-order valence-electron chi connectivity index (χ0n) is 10.7. The molecule has 19 heavy (non-hydrogen) atoms. The van der Waals surface area contributed by atoms with Crippen LogP contribution < -0.4 is 11.1 Å². The molecular weight excluding hydrogens is 247 g/mol. The molecule has 1 aliphatic carbocycles. The highest BCUT2D eigenvalue weighted by molar-refractivity contribution is 5.99. The van der Waals surface area contributed by atoms with Crippen LogP contribution in [0.1, 0.15) is 29.6 Å². The Morgan fingerprint density at radius 1 is 1.42 bits per heavy atom. The quantitative estimate of drug-likeness (QED) is 0.724. The van der Waals surface area contributed by atoms with Crippen LogP contribution in [0, 0.1) is 17.7 Å². The first-order chi connectivity index (χ1) is 9.13. The molecule has 1 aliphatic rings. The van der Waals surface area contributed by atoms with Crippen LogP contribution in [0.5, 0.6) is 0 Å². The van der Waals surface area contributed by atoms with Gasteiger partial charge in [0, 0.05) is 13.2 Å². The van der Waals surface area contributed by atoms with Crippen LogP contribution in [0.4, 0.5) is 10.1 Å². The minimum Gasteiger partial charge on any atom is -0.396 e. The van der Waals surface area contributed by atoms with Gasteiger partial charge in [-0.05, 0) is 36.8 Å². The van der Waals surface area contributed by atoms with E-state index in [2.05, 4.69) is 5.32 Å². The Morgan fingerprint density at radius 2 is 2.16 bits per heavy atom. The zero-order valence-corrected chi connectivity index (χ0v) is 10.7. The summed E-state index contributed by atoms with van der Waals surface area (Å²) in [6.07, 6.45) is 3.08. The van der Waals surface area contributed by atoms with Crippen molar-refractivity contribution in [3.05, 3.63) is 29.6 Å². The van der Waals surface area contributed by atoms with E-state index in [9.17, 15) is 14.3 Å². The number of nitrogens with two attached hydrogens (primary N) is 1. The molecule has 1 fully saturated rings. The van der Waals surface area contributed by atoms with Crippen molar-refractivity contribution in [2.45, 2.75) is 19.3 Å². The second-order valence-electron chi connectivity index (χ2n) is 5.04. The van der Waals surface area contributed by atoms with Crippen molar-refractivity contribution in [3.8, 4) is 0 Å². The summed E-state index contributed by atoms with van der Waals surface area (Å²) >= 11 is 0. The largest absolute Gasteiger partial charge is 0.396 e. The third-order valence-electron chi connectivity index (χ3n) is 3.87. The molecule has 0 spiro atoms. The van der Waals surface area contributed by atoms with Gasteiger partial charge >= 0.3 is 0 Å². The fourth-order valence-electron chi connectivity index (χ4n) is 2.68. The smallest absolute Gasteiger partial charge is 0.253 e. The summed E-state index contributed by atoms with van der Waals surface area (Å²) in [4.78, 5) is 11.9. The molecular formula is C14H19FN2O2. The van der Waals surface area contributed by atoms with Crippen molar-refractivity contribution in [1.82, 2.24) is 5.32 Å². The molecule has 1 saturated carbocycles. The first-order valence-electron chi connectivity index (χ1n) is 6.56. The number of benzene rings is 1. The third-order valence-corrected chi connectivity index (χ3v) is 3.87. The molecule has 4 nitrogen and oxygen atoms in total. The maximum atomic E-state index is 13.3. The number of amides is 1. The molecule has 1 aromatic carbocycles. The summed E-state index contributed by atoms with van der Waals surface area (Å²) in [6, 6.07) is 4.20. The van der Waals surface area contributed by atoms with Gasteiger partial charge in [-0.25, -0.2) is 4.39 Å². The summed E-state index contributed by atoms with van der Waals surface area (Å²) in [5, 5.41) is 12.0. The van der Waals surface area contributed by atoms with E-state index in [0.29, 0.717) is 12.5 Å². The van der Waals surface area contributed by atoms with Crippen molar-refractivity contribution < 1.29 is 14.3 Å². The number of para-hydroxylation sites is 1. The van der Waals surface area contributed by atoms with E-state index >= 15 is 0 Å². The molecule has 2 rings (SSSR count). The minimum absolute atomic E-state index is 0.120. The first-order valence-corrected chi connectivity index (χ1v) is 6.56. The highest BCUT2D eigenvalue weighted by atomic mass is 19.1.